The predicted molar refractivity (Wildman–Crippen MR) is 85.4 cm³/mol. The van der Waals surface area contributed by atoms with Crippen LogP contribution >= 0.6 is 0 Å². The lowest BCUT2D eigenvalue weighted by Gasteiger charge is -2.13. The van der Waals surface area contributed by atoms with Gasteiger partial charge < -0.3 is 19.8 Å². The van der Waals surface area contributed by atoms with Crippen molar-refractivity contribution in [3.05, 3.63) is 47.9 Å². The molecule has 1 saturated heterocycles. The van der Waals surface area contributed by atoms with Crippen LogP contribution in [0, 0.1) is 6.92 Å². The Bertz CT molecular complexity index is 703. The van der Waals surface area contributed by atoms with Crippen LogP contribution in [0.5, 0.6) is 0 Å². The number of hydrogen-bond acceptors (Lipinski definition) is 4. The van der Waals surface area contributed by atoms with E-state index in [9.17, 15) is 9.59 Å². The third kappa shape index (κ3) is 3.60. The molecule has 0 saturated carbocycles. The highest BCUT2D eigenvalue weighted by Crippen LogP contribution is 2.22. The fourth-order valence-corrected chi connectivity index (χ4v) is 2.48. The second-order valence-corrected chi connectivity index (χ2v) is 5.45. The molecule has 0 spiro atoms. The van der Waals surface area contributed by atoms with Crippen molar-refractivity contribution in [1.29, 1.82) is 0 Å². The molecule has 0 radical (unpaired) electrons. The van der Waals surface area contributed by atoms with Gasteiger partial charge in [-0.15, -0.1) is 0 Å². The van der Waals surface area contributed by atoms with Crippen molar-refractivity contribution in [1.82, 2.24) is 0 Å². The van der Waals surface area contributed by atoms with E-state index in [-0.39, 0.29) is 23.7 Å². The number of ether oxygens (including phenoxy) is 1. The normalized spacial score (nSPS) is 17.0. The summed E-state index contributed by atoms with van der Waals surface area (Å²) in [5, 5.41) is 5.62. The molecular formula is C17H18N2O4. The first-order valence-electron chi connectivity index (χ1n) is 7.51. The first-order valence-corrected chi connectivity index (χ1v) is 7.51. The Hall–Kier alpha value is -2.60. The second-order valence-electron chi connectivity index (χ2n) is 5.45. The smallest absolute Gasteiger partial charge is 0.291 e. The molecule has 6 nitrogen and oxygen atoms in total. The third-order valence-corrected chi connectivity index (χ3v) is 3.71. The highest BCUT2D eigenvalue weighted by molar-refractivity contribution is 6.03. The number of aryl methyl sites for hydroxylation is 1. The van der Waals surface area contributed by atoms with Gasteiger partial charge in [-0.2, -0.15) is 0 Å². The number of hydrogen-bond donors (Lipinski definition) is 2. The van der Waals surface area contributed by atoms with E-state index in [1.54, 1.807) is 24.3 Å². The molecule has 3 rings (SSSR count). The first kappa shape index (κ1) is 15.3. The van der Waals surface area contributed by atoms with Crippen molar-refractivity contribution in [3.63, 3.8) is 0 Å². The minimum Gasteiger partial charge on any atom is -0.459 e. The summed E-state index contributed by atoms with van der Waals surface area (Å²) in [5.74, 6) is -0.191. The molecule has 0 aliphatic carbocycles. The summed E-state index contributed by atoms with van der Waals surface area (Å²) in [4.78, 5) is 24.0. The fraction of sp³-hybridized carbons (Fsp3) is 0.294. The molecule has 1 fully saturated rings. The molecular weight excluding hydrogens is 296 g/mol. The van der Waals surface area contributed by atoms with Crippen molar-refractivity contribution < 1.29 is 18.7 Å². The van der Waals surface area contributed by atoms with Crippen molar-refractivity contribution in [2.45, 2.75) is 25.9 Å². The minimum absolute atomic E-state index is 0.130. The van der Waals surface area contributed by atoms with E-state index in [4.69, 9.17) is 9.15 Å². The molecule has 2 aromatic rings. The lowest BCUT2D eigenvalue weighted by atomic mass is 10.1. The van der Waals surface area contributed by atoms with Crippen molar-refractivity contribution in [2.24, 2.45) is 0 Å². The molecule has 2 amide bonds. The number of anilines is 2. The number of furan rings is 1. The van der Waals surface area contributed by atoms with Crippen LogP contribution in [0.1, 0.15) is 29.0 Å². The van der Waals surface area contributed by atoms with Crippen molar-refractivity contribution in [2.75, 3.05) is 17.2 Å². The van der Waals surface area contributed by atoms with Gasteiger partial charge in [-0.25, -0.2) is 0 Å². The molecule has 1 aliphatic rings. The summed E-state index contributed by atoms with van der Waals surface area (Å²) in [7, 11) is 0. The molecule has 1 aromatic heterocycles. The van der Waals surface area contributed by atoms with Gasteiger partial charge >= 0.3 is 0 Å². The van der Waals surface area contributed by atoms with Crippen LogP contribution in [0.15, 0.2) is 41.0 Å². The van der Waals surface area contributed by atoms with E-state index in [1.165, 1.54) is 6.26 Å². The van der Waals surface area contributed by atoms with E-state index in [0.717, 1.165) is 18.4 Å². The average Bonchev–Trinajstić information content (AvgIpc) is 3.23. The number of nitrogens with one attached hydrogen (secondary N) is 2. The topological polar surface area (TPSA) is 80.6 Å². The standard InChI is InChI=1S/C17H18N2O4/c1-11-10-12(18-16(20)14-4-2-8-22-14)6-7-13(11)19-17(21)15-5-3-9-23-15/h3,5-7,9-10,14H,2,4,8H2,1H3,(H,18,20)(H,19,21). The SMILES string of the molecule is Cc1cc(NC(=O)C2CCCO2)ccc1NC(=O)c1ccco1. The van der Waals surface area contributed by atoms with Gasteiger partial charge in [0, 0.05) is 18.0 Å². The van der Waals surface area contributed by atoms with Gasteiger partial charge in [-0.3, -0.25) is 9.59 Å². The predicted octanol–water partition coefficient (Wildman–Crippen LogP) is 2.96. The van der Waals surface area contributed by atoms with E-state index < -0.39 is 0 Å². The van der Waals surface area contributed by atoms with E-state index in [0.29, 0.717) is 18.0 Å². The maximum Gasteiger partial charge on any atom is 0.291 e. The molecule has 120 valence electrons. The Morgan fingerprint density at radius 1 is 1.22 bits per heavy atom. The van der Waals surface area contributed by atoms with Gasteiger partial charge in [0.2, 0.25) is 0 Å². The fourth-order valence-electron chi connectivity index (χ4n) is 2.48. The molecule has 23 heavy (non-hydrogen) atoms. The van der Waals surface area contributed by atoms with Gasteiger partial charge in [0.15, 0.2) is 5.76 Å². The zero-order valence-corrected chi connectivity index (χ0v) is 12.8. The van der Waals surface area contributed by atoms with Gasteiger partial charge in [-0.05, 0) is 55.7 Å². The Morgan fingerprint density at radius 3 is 2.74 bits per heavy atom. The summed E-state index contributed by atoms with van der Waals surface area (Å²) in [6, 6.07) is 8.57. The van der Waals surface area contributed by atoms with Crippen molar-refractivity contribution >= 4 is 23.2 Å². The van der Waals surface area contributed by atoms with Crippen LogP contribution in [0.3, 0.4) is 0 Å². The molecule has 1 aliphatic heterocycles. The van der Waals surface area contributed by atoms with Crippen LogP contribution < -0.4 is 10.6 Å². The van der Waals surface area contributed by atoms with Crippen LogP contribution in [-0.2, 0) is 9.53 Å². The summed E-state index contributed by atoms with van der Waals surface area (Å²) in [6.07, 6.45) is 2.75. The van der Waals surface area contributed by atoms with Gasteiger partial charge in [-0.1, -0.05) is 0 Å². The number of amides is 2. The molecule has 1 unspecified atom stereocenters. The quantitative estimate of drug-likeness (QED) is 0.909. The highest BCUT2D eigenvalue weighted by Gasteiger charge is 2.23. The lowest BCUT2D eigenvalue weighted by molar-refractivity contribution is -0.124. The largest absolute Gasteiger partial charge is 0.459 e. The molecule has 1 aromatic carbocycles. The number of carbonyl (C=O) groups is 2. The van der Waals surface area contributed by atoms with Crippen LogP contribution in [-0.4, -0.2) is 24.5 Å². The highest BCUT2D eigenvalue weighted by atomic mass is 16.5. The molecule has 2 heterocycles. The van der Waals surface area contributed by atoms with Crippen LogP contribution in [0.2, 0.25) is 0 Å². The van der Waals surface area contributed by atoms with E-state index >= 15 is 0 Å². The summed E-state index contributed by atoms with van der Waals surface area (Å²) < 4.78 is 10.4. The number of benzene rings is 1. The number of rotatable bonds is 4. The Labute approximate surface area is 133 Å². The Kier molecular flexibility index (Phi) is 4.43. The van der Waals surface area contributed by atoms with E-state index in [1.807, 2.05) is 13.0 Å². The zero-order valence-electron chi connectivity index (χ0n) is 12.8. The Morgan fingerprint density at radius 2 is 2.09 bits per heavy atom. The minimum atomic E-state index is -0.367. The maximum absolute atomic E-state index is 12.0. The lowest BCUT2D eigenvalue weighted by Crippen LogP contribution is -2.26. The zero-order chi connectivity index (χ0) is 16.2. The summed E-state index contributed by atoms with van der Waals surface area (Å²) in [6.45, 7) is 2.49. The van der Waals surface area contributed by atoms with Gasteiger partial charge in [0.25, 0.3) is 11.8 Å². The Balaban J connectivity index is 1.65. The van der Waals surface area contributed by atoms with Crippen LogP contribution in [0.25, 0.3) is 0 Å². The molecule has 6 heteroatoms. The monoisotopic (exact) mass is 314 g/mol. The van der Waals surface area contributed by atoms with Gasteiger partial charge in [0.1, 0.15) is 6.10 Å². The first-order chi connectivity index (χ1) is 11.1. The summed E-state index contributed by atoms with van der Waals surface area (Å²) in [5.41, 5.74) is 2.19. The van der Waals surface area contributed by atoms with Crippen LogP contribution in [0.4, 0.5) is 11.4 Å². The average molecular weight is 314 g/mol. The van der Waals surface area contributed by atoms with Crippen molar-refractivity contribution in [3.8, 4) is 0 Å². The molecule has 0 bridgehead atoms. The number of carbonyl (C=O) groups excluding carboxylic acids is 2. The second kappa shape index (κ2) is 6.66. The summed E-state index contributed by atoms with van der Waals surface area (Å²) >= 11 is 0. The van der Waals surface area contributed by atoms with E-state index in [2.05, 4.69) is 10.6 Å². The maximum atomic E-state index is 12.0. The molecule has 2 N–H and O–H groups in total. The molecule has 1 atom stereocenters. The van der Waals surface area contributed by atoms with Gasteiger partial charge in [0.05, 0.1) is 6.26 Å². The third-order valence-electron chi connectivity index (χ3n) is 3.71.